The Labute approximate surface area is 175 Å². The third-order valence-electron chi connectivity index (χ3n) is 5.03. The molecular formula is C20H24N6O3S. The molecule has 0 unspecified atom stereocenters. The van der Waals surface area contributed by atoms with Gasteiger partial charge in [-0.3, -0.25) is 14.5 Å². The molecule has 2 N–H and O–H groups in total. The lowest BCUT2D eigenvalue weighted by Crippen LogP contribution is -2.28. The number of anilines is 1. The maximum atomic E-state index is 13.4. The van der Waals surface area contributed by atoms with E-state index >= 15 is 0 Å². The minimum Gasteiger partial charge on any atom is -0.383 e. The average Bonchev–Trinajstić information content (AvgIpc) is 3.06. The summed E-state index contributed by atoms with van der Waals surface area (Å²) in [6.07, 6.45) is 4.41. The van der Waals surface area contributed by atoms with Crippen molar-refractivity contribution in [2.45, 2.75) is 6.54 Å². The molecule has 10 heteroatoms. The van der Waals surface area contributed by atoms with Crippen LogP contribution in [0.15, 0.2) is 30.6 Å². The Morgan fingerprint density at radius 1 is 1.13 bits per heavy atom. The van der Waals surface area contributed by atoms with Crippen LogP contribution in [0, 0.1) is 0 Å². The molecule has 1 aromatic carbocycles. The van der Waals surface area contributed by atoms with Crippen molar-refractivity contribution in [3.05, 3.63) is 41.7 Å². The topological polar surface area (TPSA) is 109 Å². The minimum atomic E-state index is -3.27. The lowest BCUT2D eigenvalue weighted by atomic mass is 9.87. The van der Waals surface area contributed by atoms with E-state index in [0.717, 1.165) is 35.0 Å². The molecule has 4 rings (SSSR count). The molecule has 30 heavy (non-hydrogen) atoms. The summed E-state index contributed by atoms with van der Waals surface area (Å²) in [6, 6.07) is 5.53. The molecule has 0 bridgehead atoms. The Morgan fingerprint density at radius 3 is 2.67 bits per heavy atom. The van der Waals surface area contributed by atoms with E-state index in [4.69, 9.17) is 5.10 Å². The molecule has 0 saturated heterocycles. The van der Waals surface area contributed by atoms with Gasteiger partial charge in [0.15, 0.2) is 5.78 Å². The standard InChI is InChI=1S/C20H24N6O3S/c1-25(2)10-11-26-16-5-4-15(22-8-9-23-30(3,28)29)17-18(16)19(24-26)14-12-21-7-6-13(14)20(17)27/h4-7,12,22-23H,8-11H2,1-3H3. The summed E-state index contributed by atoms with van der Waals surface area (Å²) in [5.41, 5.74) is 4.18. The quantitative estimate of drug-likeness (QED) is 0.405. The van der Waals surface area contributed by atoms with Crippen LogP contribution in [-0.2, 0) is 16.6 Å². The number of likely N-dealkylation sites (N-methyl/N-ethyl adjacent to an activating group) is 1. The molecule has 1 aliphatic rings. The molecule has 2 heterocycles. The second-order valence-corrected chi connectivity index (χ2v) is 9.43. The molecule has 3 aromatic rings. The van der Waals surface area contributed by atoms with E-state index in [1.807, 2.05) is 30.9 Å². The summed E-state index contributed by atoms with van der Waals surface area (Å²) < 4.78 is 26.9. The van der Waals surface area contributed by atoms with Crippen LogP contribution < -0.4 is 10.0 Å². The van der Waals surface area contributed by atoms with Gasteiger partial charge in [-0.25, -0.2) is 13.1 Å². The number of benzene rings is 1. The molecule has 0 radical (unpaired) electrons. The summed E-state index contributed by atoms with van der Waals surface area (Å²) in [7, 11) is 0.744. The number of sulfonamides is 1. The Bertz CT molecular complexity index is 1230. The highest BCUT2D eigenvalue weighted by Gasteiger charge is 2.31. The maximum absolute atomic E-state index is 13.4. The zero-order valence-electron chi connectivity index (χ0n) is 17.1. The Hall–Kier alpha value is -2.82. The summed E-state index contributed by atoms with van der Waals surface area (Å²) in [5, 5.41) is 8.82. The summed E-state index contributed by atoms with van der Waals surface area (Å²) in [4.78, 5) is 19.6. The number of pyridine rings is 1. The first kappa shape index (κ1) is 20.5. The van der Waals surface area contributed by atoms with Crippen molar-refractivity contribution in [2.24, 2.45) is 0 Å². The largest absolute Gasteiger partial charge is 0.383 e. The van der Waals surface area contributed by atoms with Gasteiger partial charge in [0.2, 0.25) is 10.0 Å². The van der Waals surface area contributed by atoms with Gasteiger partial charge in [0.05, 0.1) is 23.9 Å². The van der Waals surface area contributed by atoms with Crippen LogP contribution in [0.2, 0.25) is 0 Å². The Morgan fingerprint density at radius 2 is 1.93 bits per heavy atom. The lowest BCUT2D eigenvalue weighted by molar-refractivity contribution is 0.104. The van der Waals surface area contributed by atoms with Crippen molar-refractivity contribution < 1.29 is 13.2 Å². The van der Waals surface area contributed by atoms with E-state index in [9.17, 15) is 13.2 Å². The lowest BCUT2D eigenvalue weighted by Gasteiger charge is -2.18. The second kappa shape index (κ2) is 7.78. The number of aromatic nitrogens is 3. The van der Waals surface area contributed by atoms with Gasteiger partial charge < -0.3 is 10.2 Å². The summed E-state index contributed by atoms with van der Waals surface area (Å²) in [6.45, 7) is 2.08. The Kier molecular flexibility index (Phi) is 5.31. The van der Waals surface area contributed by atoms with Crippen molar-refractivity contribution >= 4 is 32.4 Å². The third kappa shape index (κ3) is 3.81. The van der Waals surface area contributed by atoms with Crippen LogP contribution in [0.25, 0.3) is 22.2 Å². The summed E-state index contributed by atoms with van der Waals surface area (Å²) in [5.74, 6) is -0.0868. The molecule has 0 amide bonds. The first-order chi connectivity index (χ1) is 14.3. The number of fused-ring (bicyclic) bond motifs is 2. The number of carbonyl (C=O) groups excluding carboxylic acids is 1. The number of carbonyl (C=O) groups is 1. The highest BCUT2D eigenvalue weighted by Crippen LogP contribution is 2.41. The number of rotatable bonds is 8. The fourth-order valence-corrected chi connectivity index (χ4v) is 4.13. The number of nitrogens with zero attached hydrogens (tertiary/aromatic N) is 4. The fraction of sp³-hybridized carbons (Fsp3) is 0.350. The second-order valence-electron chi connectivity index (χ2n) is 7.60. The fourth-order valence-electron chi connectivity index (χ4n) is 3.66. The monoisotopic (exact) mass is 428 g/mol. The van der Waals surface area contributed by atoms with Crippen LogP contribution in [0.4, 0.5) is 5.69 Å². The predicted octanol–water partition coefficient (Wildman–Crippen LogP) is 1.17. The first-order valence-corrected chi connectivity index (χ1v) is 11.5. The molecule has 158 valence electrons. The normalized spacial score (nSPS) is 13.1. The van der Waals surface area contributed by atoms with Crippen LogP contribution in [-0.4, -0.2) is 73.9 Å². The van der Waals surface area contributed by atoms with Crippen molar-refractivity contribution in [1.29, 1.82) is 0 Å². The van der Waals surface area contributed by atoms with E-state index in [0.29, 0.717) is 29.9 Å². The molecular weight excluding hydrogens is 404 g/mol. The van der Waals surface area contributed by atoms with E-state index in [-0.39, 0.29) is 12.3 Å². The number of hydrogen-bond donors (Lipinski definition) is 2. The zero-order valence-corrected chi connectivity index (χ0v) is 18.0. The maximum Gasteiger partial charge on any atom is 0.208 e. The van der Waals surface area contributed by atoms with E-state index in [1.54, 1.807) is 18.5 Å². The van der Waals surface area contributed by atoms with Crippen LogP contribution in [0.3, 0.4) is 0 Å². The molecule has 9 nitrogen and oxygen atoms in total. The first-order valence-electron chi connectivity index (χ1n) is 9.62. The Balaban J connectivity index is 1.78. The van der Waals surface area contributed by atoms with Gasteiger partial charge in [0.1, 0.15) is 5.69 Å². The van der Waals surface area contributed by atoms with Gasteiger partial charge in [-0.2, -0.15) is 5.10 Å². The van der Waals surface area contributed by atoms with Crippen molar-refractivity contribution in [1.82, 2.24) is 24.4 Å². The number of hydrogen-bond acceptors (Lipinski definition) is 7. The molecule has 0 atom stereocenters. The molecule has 2 aromatic heterocycles. The highest BCUT2D eigenvalue weighted by molar-refractivity contribution is 7.88. The van der Waals surface area contributed by atoms with Gasteiger partial charge in [0, 0.05) is 54.2 Å². The molecule has 0 spiro atoms. The molecule has 1 aliphatic carbocycles. The minimum absolute atomic E-state index is 0.0868. The summed E-state index contributed by atoms with van der Waals surface area (Å²) >= 11 is 0. The number of nitrogens with one attached hydrogen (secondary N) is 2. The highest BCUT2D eigenvalue weighted by atomic mass is 32.2. The number of ketones is 1. The van der Waals surface area contributed by atoms with Crippen molar-refractivity contribution in [2.75, 3.05) is 45.3 Å². The predicted molar refractivity (Wildman–Crippen MR) is 116 cm³/mol. The van der Waals surface area contributed by atoms with Crippen molar-refractivity contribution in [3.8, 4) is 11.3 Å². The van der Waals surface area contributed by atoms with Gasteiger partial charge in [-0.05, 0) is 32.3 Å². The van der Waals surface area contributed by atoms with Crippen LogP contribution in [0.1, 0.15) is 15.9 Å². The average molecular weight is 429 g/mol. The van der Waals surface area contributed by atoms with Gasteiger partial charge >= 0.3 is 0 Å². The molecule has 0 saturated carbocycles. The van der Waals surface area contributed by atoms with E-state index in [2.05, 4.69) is 19.9 Å². The van der Waals surface area contributed by atoms with E-state index < -0.39 is 10.0 Å². The SMILES string of the molecule is CN(C)CCn1nc2c3c(c(NCCNS(C)(=O)=O)ccc31)C(=O)c1ccncc1-2. The zero-order chi connectivity index (χ0) is 21.5. The van der Waals surface area contributed by atoms with Crippen LogP contribution in [0.5, 0.6) is 0 Å². The molecule has 0 fully saturated rings. The third-order valence-corrected chi connectivity index (χ3v) is 5.76. The van der Waals surface area contributed by atoms with Gasteiger partial charge in [0.25, 0.3) is 0 Å². The van der Waals surface area contributed by atoms with Gasteiger partial charge in [-0.1, -0.05) is 0 Å². The van der Waals surface area contributed by atoms with E-state index in [1.165, 1.54) is 0 Å². The van der Waals surface area contributed by atoms with Crippen LogP contribution >= 0.6 is 0 Å². The van der Waals surface area contributed by atoms with Gasteiger partial charge in [-0.15, -0.1) is 0 Å². The smallest absolute Gasteiger partial charge is 0.208 e. The van der Waals surface area contributed by atoms with Crippen molar-refractivity contribution in [3.63, 3.8) is 0 Å². The molecule has 0 aliphatic heterocycles.